The van der Waals surface area contributed by atoms with Gasteiger partial charge in [-0.3, -0.25) is 0 Å². The fraction of sp³-hybridized carbons (Fsp3) is 0.0714. The molecule has 5 heteroatoms. The van der Waals surface area contributed by atoms with Crippen molar-refractivity contribution in [3.05, 3.63) is 50.6 Å². The number of halogens is 2. The van der Waals surface area contributed by atoms with Crippen LogP contribution in [0, 0.1) is 14.9 Å². The monoisotopic (exact) mass is 384 g/mol. The summed E-state index contributed by atoms with van der Waals surface area (Å²) in [5.41, 5.74) is 2.17. The van der Waals surface area contributed by atoms with E-state index in [0.717, 1.165) is 9.26 Å². The van der Waals surface area contributed by atoms with Crippen LogP contribution in [0.2, 0.25) is 5.02 Å². The molecule has 2 rings (SSSR count). The highest BCUT2D eigenvalue weighted by molar-refractivity contribution is 14.1. The van der Waals surface area contributed by atoms with Crippen molar-refractivity contribution >= 4 is 45.6 Å². The first kappa shape index (κ1) is 14.0. The second-order valence-electron chi connectivity index (χ2n) is 3.77. The van der Waals surface area contributed by atoms with E-state index in [1.807, 2.05) is 12.1 Å². The van der Waals surface area contributed by atoms with Crippen LogP contribution >= 0.6 is 34.2 Å². The first-order valence-corrected chi connectivity index (χ1v) is 6.90. The summed E-state index contributed by atoms with van der Waals surface area (Å²) in [4.78, 5) is 0. The number of hydrogen-bond acceptors (Lipinski definition) is 3. The molecule has 0 aromatic heterocycles. The van der Waals surface area contributed by atoms with Crippen LogP contribution in [-0.2, 0) is 0 Å². The number of nitrogens with one attached hydrogen (secondary N) is 1. The number of hydrogen-bond donors (Lipinski definition) is 1. The summed E-state index contributed by atoms with van der Waals surface area (Å²) < 4.78 is 6.15. The van der Waals surface area contributed by atoms with E-state index < -0.39 is 0 Å². The SMILES string of the molecule is COc1ccc(C#N)c(Nc2ccc(Cl)cc2I)c1. The average molecular weight is 385 g/mol. The summed E-state index contributed by atoms with van der Waals surface area (Å²) in [6, 6.07) is 13.0. The Morgan fingerprint density at radius 3 is 2.63 bits per heavy atom. The van der Waals surface area contributed by atoms with E-state index in [9.17, 15) is 0 Å². The smallest absolute Gasteiger partial charge is 0.121 e. The lowest BCUT2D eigenvalue weighted by Crippen LogP contribution is -1.96. The van der Waals surface area contributed by atoms with Gasteiger partial charge in [0.05, 0.1) is 24.0 Å². The van der Waals surface area contributed by atoms with Crippen molar-refractivity contribution in [3.63, 3.8) is 0 Å². The minimum atomic E-state index is 0.562. The van der Waals surface area contributed by atoms with E-state index in [1.54, 1.807) is 31.4 Å². The molecule has 0 saturated carbocycles. The molecule has 0 fully saturated rings. The summed E-state index contributed by atoms with van der Waals surface area (Å²) in [5.74, 6) is 0.700. The molecule has 0 bridgehead atoms. The zero-order valence-electron chi connectivity index (χ0n) is 10.1. The predicted molar refractivity (Wildman–Crippen MR) is 85.2 cm³/mol. The molecule has 0 heterocycles. The lowest BCUT2D eigenvalue weighted by Gasteiger charge is -2.11. The summed E-state index contributed by atoms with van der Waals surface area (Å²) in [6.07, 6.45) is 0. The van der Waals surface area contributed by atoms with Crippen molar-refractivity contribution in [3.8, 4) is 11.8 Å². The van der Waals surface area contributed by atoms with Crippen molar-refractivity contribution in [2.45, 2.75) is 0 Å². The summed E-state index contributed by atoms with van der Waals surface area (Å²) in [5, 5.41) is 13.0. The highest BCUT2D eigenvalue weighted by atomic mass is 127. The molecule has 0 aliphatic carbocycles. The second kappa shape index (κ2) is 6.13. The molecule has 0 spiro atoms. The molecule has 0 aliphatic heterocycles. The van der Waals surface area contributed by atoms with Gasteiger partial charge < -0.3 is 10.1 Å². The fourth-order valence-corrected chi connectivity index (χ4v) is 2.59. The van der Waals surface area contributed by atoms with Gasteiger partial charge >= 0.3 is 0 Å². The molecular formula is C14H10ClIN2O. The molecule has 0 amide bonds. The summed E-state index contributed by atoms with van der Waals surface area (Å²) in [7, 11) is 1.59. The van der Waals surface area contributed by atoms with Crippen LogP contribution in [0.4, 0.5) is 11.4 Å². The van der Waals surface area contributed by atoms with Gasteiger partial charge in [0.25, 0.3) is 0 Å². The quantitative estimate of drug-likeness (QED) is 0.789. The second-order valence-corrected chi connectivity index (χ2v) is 5.37. The van der Waals surface area contributed by atoms with Crippen molar-refractivity contribution < 1.29 is 4.74 Å². The molecule has 19 heavy (non-hydrogen) atoms. The van der Waals surface area contributed by atoms with Gasteiger partial charge in [-0.05, 0) is 52.9 Å². The molecule has 96 valence electrons. The molecular weight excluding hydrogens is 375 g/mol. The lowest BCUT2D eigenvalue weighted by atomic mass is 10.1. The van der Waals surface area contributed by atoms with Gasteiger partial charge in [-0.2, -0.15) is 5.26 Å². The molecule has 0 atom stereocenters. The van der Waals surface area contributed by atoms with E-state index in [0.29, 0.717) is 22.0 Å². The number of rotatable bonds is 3. The van der Waals surface area contributed by atoms with E-state index in [4.69, 9.17) is 21.6 Å². The van der Waals surface area contributed by atoms with Gasteiger partial charge in [0, 0.05) is 14.7 Å². The molecule has 1 N–H and O–H groups in total. The number of anilines is 2. The Bertz CT molecular complexity index is 652. The Balaban J connectivity index is 2.39. The summed E-state index contributed by atoms with van der Waals surface area (Å²) >= 11 is 8.11. The molecule has 2 aromatic carbocycles. The van der Waals surface area contributed by atoms with Crippen LogP contribution in [0.1, 0.15) is 5.56 Å². The Morgan fingerprint density at radius 2 is 2.00 bits per heavy atom. The van der Waals surface area contributed by atoms with Crippen molar-refractivity contribution in [1.82, 2.24) is 0 Å². The third-order valence-corrected chi connectivity index (χ3v) is 3.68. The van der Waals surface area contributed by atoms with Crippen LogP contribution in [-0.4, -0.2) is 7.11 Å². The summed E-state index contributed by atoms with van der Waals surface area (Å²) in [6.45, 7) is 0. The number of benzene rings is 2. The topological polar surface area (TPSA) is 45.0 Å². The highest BCUT2D eigenvalue weighted by Crippen LogP contribution is 2.29. The van der Waals surface area contributed by atoms with Gasteiger partial charge in [-0.25, -0.2) is 0 Å². The lowest BCUT2D eigenvalue weighted by molar-refractivity contribution is 0.415. The normalized spacial score (nSPS) is 9.79. The Labute approximate surface area is 130 Å². The van der Waals surface area contributed by atoms with Gasteiger partial charge in [-0.15, -0.1) is 0 Å². The molecule has 0 radical (unpaired) electrons. The number of ether oxygens (including phenoxy) is 1. The van der Waals surface area contributed by atoms with Crippen molar-refractivity contribution in [2.75, 3.05) is 12.4 Å². The zero-order valence-corrected chi connectivity index (χ0v) is 13.0. The van der Waals surface area contributed by atoms with Gasteiger partial charge in [-0.1, -0.05) is 11.6 Å². The Kier molecular flexibility index (Phi) is 4.51. The third-order valence-electron chi connectivity index (χ3n) is 2.55. The molecule has 0 aliphatic rings. The fourth-order valence-electron chi connectivity index (χ4n) is 1.59. The molecule has 0 unspecified atom stereocenters. The average Bonchev–Trinajstić information content (AvgIpc) is 2.41. The van der Waals surface area contributed by atoms with Crippen LogP contribution in [0.5, 0.6) is 5.75 Å². The van der Waals surface area contributed by atoms with Crippen LogP contribution in [0.25, 0.3) is 0 Å². The van der Waals surface area contributed by atoms with Gasteiger partial charge in [0.2, 0.25) is 0 Å². The maximum Gasteiger partial charge on any atom is 0.121 e. The maximum atomic E-state index is 9.12. The molecule has 2 aromatic rings. The van der Waals surface area contributed by atoms with E-state index in [-0.39, 0.29) is 0 Å². The van der Waals surface area contributed by atoms with E-state index in [1.165, 1.54) is 0 Å². The zero-order chi connectivity index (χ0) is 13.8. The number of methoxy groups -OCH3 is 1. The van der Waals surface area contributed by atoms with Crippen LogP contribution < -0.4 is 10.1 Å². The van der Waals surface area contributed by atoms with Crippen molar-refractivity contribution in [2.24, 2.45) is 0 Å². The van der Waals surface area contributed by atoms with Crippen LogP contribution in [0.15, 0.2) is 36.4 Å². The predicted octanol–water partition coefficient (Wildman–Crippen LogP) is 4.57. The first-order chi connectivity index (χ1) is 9.13. The van der Waals surface area contributed by atoms with E-state index in [2.05, 4.69) is 34.0 Å². The van der Waals surface area contributed by atoms with Crippen LogP contribution in [0.3, 0.4) is 0 Å². The minimum Gasteiger partial charge on any atom is -0.497 e. The Hall–Kier alpha value is -1.45. The first-order valence-electron chi connectivity index (χ1n) is 5.44. The minimum absolute atomic E-state index is 0.562. The standard InChI is InChI=1S/C14H10ClIN2O/c1-19-11-4-2-9(8-17)14(7-11)18-13-5-3-10(15)6-12(13)16/h2-7,18H,1H3. The Morgan fingerprint density at radius 1 is 1.21 bits per heavy atom. The molecule has 3 nitrogen and oxygen atoms in total. The number of nitriles is 1. The largest absolute Gasteiger partial charge is 0.497 e. The third kappa shape index (κ3) is 3.31. The number of nitrogens with zero attached hydrogens (tertiary/aromatic N) is 1. The maximum absolute atomic E-state index is 9.12. The van der Waals surface area contributed by atoms with E-state index >= 15 is 0 Å². The van der Waals surface area contributed by atoms with Gasteiger partial charge in [0.15, 0.2) is 0 Å². The highest BCUT2D eigenvalue weighted by Gasteiger charge is 2.07. The van der Waals surface area contributed by atoms with Gasteiger partial charge in [0.1, 0.15) is 11.8 Å². The molecule has 0 saturated heterocycles. The van der Waals surface area contributed by atoms with Crippen molar-refractivity contribution in [1.29, 1.82) is 5.26 Å².